The molecule has 1 aromatic heterocycles. The number of hydrogen-bond donors (Lipinski definition) is 2. The van der Waals surface area contributed by atoms with Crippen LogP contribution in [0.5, 0.6) is 0 Å². The van der Waals surface area contributed by atoms with Gasteiger partial charge in [-0.15, -0.1) is 0 Å². The Bertz CT molecular complexity index is 487. The topological polar surface area (TPSA) is 53.6 Å². The Kier molecular flexibility index (Phi) is 5.22. The summed E-state index contributed by atoms with van der Waals surface area (Å²) in [4.78, 5) is 5.23. The van der Waals surface area contributed by atoms with Gasteiger partial charge in [-0.3, -0.25) is 5.10 Å². The van der Waals surface area contributed by atoms with Crippen molar-refractivity contribution in [3.8, 4) is 0 Å². The minimum absolute atomic E-state index is 0.804. The van der Waals surface area contributed by atoms with Crippen molar-refractivity contribution in [1.82, 2.24) is 20.5 Å². The van der Waals surface area contributed by atoms with Crippen LogP contribution in [0.4, 0.5) is 0 Å². The number of nitrogens with zero attached hydrogens (tertiary/aromatic N) is 2. The maximum Gasteiger partial charge on any atom is 0.188 e. The van der Waals surface area contributed by atoms with Crippen molar-refractivity contribution < 1.29 is 0 Å². The lowest BCUT2D eigenvalue weighted by Gasteiger charge is -2.07. The summed E-state index contributed by atoms with van der Waals surface area (Å²) >= 11 is 5.17. The van der Waals surface area contributed by atoms with Crippen molar-refractivity contribution in [1.29, 1.82) is 0 Å². The summed E-state index contributed by atoms with van der Waals surface area (Å²) in [7, 11) is 0. The Morgan fingerprint density at radius 3 is 3.00 bits per heavy atom. The molecule has 96 valence electrons. The third-order valence-corrected chi connectivity index (χ3v) is 3.99. The molecule has 1 heterocycles. The van der Waals surface area contributed by atoms with Gasteiger partial charge in [0.2, 0.25) is 0 Å². The fourth-order valence-electron chi connectivity index (χ4n) is 1.49. The number of halogens is 1. The molecule has 6 heteroatoms. The highest BCUT2D eigenvalue weighted by Crippen LogP contribution is 2.28. The minimum Gasteiger partial charge on any atom is -0.313 e. The average Bonchev–Trinajstić information content (AvgIpc) is 2.85. The first-order valence-electron chi connectivity index (χ1n) is 5.82. The van der Waals surface area contributed by atoms with Crippen LogP contribution >= 0.6 is 27.7 Å². The predicted octanol–water partition coefficient (Wildman–Crippen LogP) is 3.22. The van der Waals surface area contributed by atoms with E-state index in [0.717, 1.165) is 34.0 Å². The summed E-state index contributed by atoms with van der Waals surface area (Å²) in [6.45, 7) is 4.10. The monoisotopic (exact) mass is 326 g/mol. The van der Waals surface area contributed by atoms with Gasteiger partial charge in [-0.05, 0) is 30.7 Å². The standard InChI is InChI=1S/C12H15BrN4S/c1-2-5-14-7-9-3-4-10(6-11(9)13)18-12-15-8-16-17-12/h3-4,6,8,14H,2,5,7H2,1H3,(H,15,16,17). The fraction of sp³-hybridized carbons (Fsp3) is 0.333. The number of hydrogen-bond acceptors (Lipinski definition) is 4. The van der Waals surface area contributed by atoms with Crippen LogP contribution in [0.1, 0.15) is 18.9 Å². The molecular formula is C12H15BrN4S. The van der Waals surface area contributed by atoms with Gasteiger partial charge in [0.05, 0.1) is 0 Å². The molecule has 0 fully saturated rings. The second-order valence-electron chi connectivity index (χ2n) is 3.82. The first kappa shape index (κ1) is 13.6. The Hall–Kier alpha value is -0.850. The van der Waals surface area contributed by atoms with Crippen LogP contribution in [0.2, 0.25) is 0 Å². The lowest BCUT2D eigenvalue weighted by Crippen LogP contribution is -2.14. The molecule has 0 aliphatic heterocycles. The first-order valence-corrected chi connectivity index (χ1v) is 7.43. The smallest absolute Gasteiger partial charge is 0.188 e. The molecule has 0 saturated heterocycles. The molecule has 1 aromatic carbocycles. The van der Waals surface area contributed by atoms with Crippen LogP contribution in [0.25, 0.3) is 0 Å². The average molecular weight is 327 g/mol. The number of aromatic amines is 1. The van der Waals surface area contributed by atoms with Gasteiger partial charge in [-0.2, -0.15) is 5.10 Å². The quantitative estimate of drug-likeness (QED) is 0.800. The van der Waals surface area contributed by atoms with Gasteiger partial charge >= 0.3 is 0 Å². The van der Waals surface area contributed by atoms with Crippen molar-refractivity contribution in [2.45, 2.75) is 29.9 Å². The first-order chi connectivity index (χ1) is 8.79. The van der Waals surface area contributed by atoms with Crippen LogP contribution in [0.3, 0.4) is 0 Å². The Labute approximate surface area is 119 Å². The van der Waals surface area contributed by atoms with Crippen molar-refractivity contribution in [2.75, 3.05) is 6.54 Å². The molecule has 18 heavy (non-hydrogen) atoms. The highest BCUT2D eigenvalue weighted by molar-refractivity contribution is 9.10. The maximum absolute atomic E-state index is 4.09. The van der Waals surface area contributed by atoms with E-state index in [2.05, 4.69) is 61.6 Å². The van der Waals surface area contributed by atoms with E-state index in [1.54, 1.807) is 11.8 Å². The molecule has 0 aliphatic rings. The third kappa shape index (κ3) is 3.83. The zero-order valence-electron chi connectivity index (χ0n) is 10.1. The molecule has 0 amide bonds. The molecule has 4 nitrogen and oxygen atoms in total. The van der Waals surface area contributed by atoms with E-state index in [9.17, 15) is 0 Å². The third-order valence-electron chi connectivity index (χ3n) is 2.37. The van der Waals surface area contributed by atoms with Gasteiger partial charge < -0.3 is 5.32 Å². The van der Waals surface area contributed by atoms with E-state index < -0.39 is 0 Å². The van der Waals surface area contributed by atoms with Gasteiger partial charge in [0.1, 0.15) is 6.33 Å². The van der Waals surface area contributed by atoms with Gasteiger partial charge in [0.15, 0.2) is 5.16 Å². The van der Waals surface area contributed by atoms with Crippen molar-refractivity contribution in [3.05, 3.63) is 34.6 Å². The molecule has 2 N–H and O–H groups in total. The molecule has 2 rings (SSSR count). The molecule has 0 unspecified atom stereocenters. The van der Waals surface area contributed by atoms with E-state index >= 15 is 0 Å². The van der Waals surface area contributed by atoms with Crippen LogP contribution < -0.4 is 5.32 Å². The molecule has 0 radical (unpaired) electrons. The van der Waals surface area contributed by atoms with E-state index in [1.165, 1.54) is 11.9 Å². The van der Waals surface area contributed by atoms with Crippen LogP contribution in [0.15, 0.2) is 39.1 Å². The number of H-pyrrole nitrogens is 1. The highest BCUT2D eigenvalue weighted by atomic mass is 79.9. The Morgan fingerprint density at radius 1 is 1.44 bits per heavy atom. The summed E-state index contributed by atoms with van der Waals surface area (Å²) in [5.74, 6) is 0. The second kappa shape index (κ2) is 6.92. The molecule has 0 spiro atoms. The van der Waals surface area contributed by atoms with E-state index in [-0.39, 0.29) is 0 Å². The fourth-order valence-corrected chi connectivity index (χ4v) is 2.89. The van der Waals surface area contributed by atoms with E-state index in [0.29, 0.717) is 0 Å². The van der Waals surface area contributed by atoms with Crippen LogP contribution in [-0.2, 0) is 6.54 Å². The maximum atomic E-state index is 4.09. The normalized spacial score (nSPS) is 10.8. The lowest BCUT2D eigenvalue weighted by molar-refractivity contribution is 0.673. The summed E-state index contributed by atoms with van der Waals surface area (Å²) < 4.78 is 1.12. The summed E-state index contributed by atoms with van der Waals surface area (Å²) in [6.07, 6.45) is 2.66. The van der Waals surface area contributed by atoms with Crippen LogP contribution in [-0.4, -0.2) is 21.7 Å². The van der Waals surface area contributed by atoms with Gasteiger partial charge in [-0.25, -0.2) is 4.98 Å². The van der Waals surface area contributed by atoms with Crippen molar-refractivity contribution >= 4 is 27.7 Å². The van der Waals surface area contributed by atoms with E-state index in [1.807, 2.05) is 0 Å². The predicted molar refractivity (Wildman–Crippen MR) is 76.6 cm³/mol. The summed E-state index contributed by atoms with van der Waals surface area (Å²) in [5, 5.41) is 10.9. The number of aromatic nitrogens is 3. The molecule has 0 aliphatic carbocycles. The SMILES string of the molecule is CCCNCc1ccc(Sc2ncn[nH]2)cc1Br. The number of benzene rings is 1. The molecule has 0 atom stereocenters. The minimum atomic E-state index is 0.804. The largest absolute Gasteiger partial charge is 0.313 e. The van der Waals surface area contributed by atoms with Gasteiger partial charge in [-0.1, -0.05) is 40.7 Å². The summed E-state index contributed by atoms with van der Waals surface area (Å²) in [6, 6.07) is 6.34. The van der Waals surface area contributed by atoms with Gasteiger partial charge in [0, 0.05) is 15.9 Å². The molecule has 2 aromatic rings. The second-order valence-corrected chi connectivity index (χ2v) is 5.74. The number of rotatable bonds is 6. The molecule has 0 saturated carbocycles. The van der Waals surface area contributed by atoms with Crippen molar-refractivity contribution in [2.24, 2.45) is 0 Å². The van der Waals surface area contributed by atoms with E-state index in [4.69, 9.17) is 0 Å². The van der Waals surface area contributed by atoms with Crippen molar-refractivity contribution in [3.63, 3.8) is 0 Å². The van der Waals surface area contributed by atoms with Crippen LogP contribution in [0, 0.1) is 0 Å². The molecular weight excluding hydrogens is 312 g/mol. The van der Waals surface area contributed by atoms with Gasteiger partial charge in [0.25, 0.3) is 0 Å². The number of nitrogens with one attached hydrogen (secondary N) is 2. The zero-order valence-corrected chi connectivity index (χ0v) is 12.5. The lowest BCUT2D eigenvalue weighted by atomic mass is 10.2. The zero-order chi connectivity index (χ0) is 12.8. The molecule has 0 bridgehead atoms. The Morgan fingerprint density at radius 2 is 2.33 bits per heavy atom. The highest BCUT2D eigenvalue weighted by Gasteiger charge is 2.04. The Balaban J connectivity index is 2.00. The summed E-state index contributed by atoms with van der Waals surface area (Å²) in [5.41, 5.74) is 1.27.